The predicted molar refractivity (Wildman–Crippen MR) is 287 cm³/mol. The highest BCUT2D eigenvalue weighted by Crippen LogP contribution is 2.19. The smallest absolute Gasteiger partial charge is 0.306 e. The van der Waals surface area contributed by atoms with Gasteiger partial charge in [-0.2, -0.15) is 0 Å². The van der Waals surface area contributed by atoms with Crippen LogP contribution in [0.2, 0.25) is 0 Å². The summed E-state index contributed by atoms with van der Waals surface area (Å²) in [4.78, 5) is 26.3. The van der Waals surface area contributed by atoms with Gasteiger partial charge in [0.05, 0.1) is 25.2 Å². The molecule has 3 unspecified atom stereocenters. The number of ether oxygens (including phenoxy) is 1. The van der Waals surface area contributed by atoms with Gasteiger partial charge in [0.1, 0.15) is 6.10 Å². The average molecular weight is 933 g/mol. The molecule has 0 aromatic heterocycles. The van der Waals surface area contributed by atoms with Gasteiger partial charge in [0.2, 0.25) is 5.91 Å². The maximum Gasteiger partial charge on any atom is 0.306 e. The van der Waals surface area contributed by atoms with E-state index in [4.69, 9.17) is 4.74 Å². The SMILES string of the molecule is CCCCCCCCC/C=C/CCCCCC(CC(=O)NC(CO)C(O)CCCCCCCCCCCCCCCC)OC(=O)CCCCCCCCCCCCCCCCCCCCC. The van der Waals surface area contributed by atoms with E-state index < -0.39 is 18.2 Å². The number of aliphatic hydroxyl groups excluding tert-OH is 2. The molecule has 6 heteroatoms. The Morgan fingerprint density at radius 2 is 0.727 bits per heavy atom. The van der Waals surface area contributed by atoms with Crippen LogP contribution in [0.3, 0.4) is 0 Å². The van der Waals surface area contributed by atoms with Gasteiger partial charge in [-0.3, -0.25) is 9.59 Å². The van der Waals surface area contributed by atoms with E-state index in [1.165, 1.54) is 231 Å². The van der Waals surface area contributed by atoms with E-state index >= 15 is 0 Å². The number of nitrogens with one attached hydrogen (secondary N) is 1. The third-order valence-corrected chi connectivity index (χ3v) is 14.1. The summed E-state index contributed by atoms with van der Waals surface area (Å²) >= 11 is 0. The molecule has 0 saturated carbocycles. The number of carbonyl (C=O) groups is 2. The highest BCUT2D eigenvalue weighted by molar-refractivity contribution is 5.77. The fraction of sp³-hybridized carbons (Fsp3) is 0.933. The van der Waals surface area contributed by atoms with Gasteiger partial charge in [-0.25, -0.2) is 0 Å². The van der Waals surface area contributed by atoms with Crippen molar-refractivity contribution in [2.45, 2.75) is 354 Å². The van der Waals surface area contributed by atoms with E-state index in [9.17, 15) is 19.8 Å². The second-order valence-corrected chi connectivity index (χ2v) is 20.8. The van der Waals surface area contributed by atoms with Crippen molar-refractivity contribution in [2.75, 3.05) is 6.61 Å². The van der Waals surface area contributed by atoms with Crippen molar-refractivity contribution in [3.63, 3.8) is 0 Å². The Morgan fingerprint density at radius 3 is 1.09 bits per heavy atom. The van der Waals surface area contributed by atoms with Crippen LogP contribution in [0.15, 0.2) is 12.2 Å². The van der Waals surface area contributed by atoms with Gasteiger partial charge < -0.3 is 20.3 Å². The third kappa shape index (κ3) is 49.0. The van der Waals surface area contributed by atoms with Crippen LogP contribution in [-0.4, -0.2) is 46.9 Å². The van der Waals surface area contributed by atoms with E-state index in [0.717, 1.165) is 57.8 Å². The van der Waals surface area contributed by atoms with Crippen LogP contribution in [-0.2, 0) is 14.3 Å². The molecule has 0 bridgehead atoms. The van der Waals surface area contributed by atoms with E-state index in [1.54, 1.807) is 0 Å². The monoisotopic (exact) mass is 932 g/mol. The van der Waals surface area contributed by atoms with Crippen LogP contribution < -0.4 is 5.32 Å². The molecule has 3 N–H and O–H groups in total. The van der Waals surface area contributed by atoms with Gasteiger partial charge in [-0.15, -0.1) is 0 Å². The second kappa shape index (κ2) is 54.5. The molecule has 0 aromatic rings. The first kappa shape index (κ1) is 64.6. The number of esters is 1. The van der Waals surface area contributed by atoms with Crippen molar-refractivity contribution >= 4 is 11.9 Å². The number of allylic oxidation sites excluding steroid dienone is 2. The molecule has 3 atom stereocenters. The predicted octanol–water partition coefficient (Wildman–Crippen LogP) is 18.5. The largest absolute Gasteiger partial charge is 0.462 e. The van der Waals surface area contributed by atoms with E-state index in [0.29, 0.717) is 19.3 Å². The molecular weight excluding hydrogens is 815 g/mol. The molecule has 0 spiro atoms. The van der Waals surface area contributed by atoms with Gasteiger partial charge in [0, 0.05) is 6.42 Å². The molecule has 392 valence electrons. The van der Waals surface area contributed by atoms with Crippen LogP contribution in [0.4, 0.5) is 0 Å². The molecule has 0 radical (unpaired) electrons. The summed E-state index contributed by atoms with van der Waals surface area (Å²) in [5.41, 5.74) is 0. The maximum absolute atomic E-state index is 13.3. The highest BCUT2D eigenvalue weighted by atomic mass is 16.5. The molecule has 0 fully saturated rings. The summed E-state index contributed by atoms with van der Waals surface area (Å²) in [5.74, 6) is -0.465. The van der Waals surface area contributed by atoms with Crippen molar-refractivity contribution in [1.29, 1.82) is 0 Å². The van der Waals surface area contributed by atoms with Crippen molar-refractivity contribution in [3.8, 4) is 0 Å². The zero-order valence-corrected chi connectivity index (χ0v) is 44.9. The van der Waals surface area contributed by atoms with Crippen LogP contribution in [0.1, 0.15) is 335 Å². The summed E-state index contributed by atoms with van der Waals surface area (Å²) in [6.07, 6.45) is 62.8. The topological polar surface area (TPSA) is 95.9 Å². The van der Waals surface area contributed by atoms with Gasteiger partial charge >= 0.3 is 5.97 Å². The summed E-state index contributed by atoms with van der Waals surface area (Å²) in [7, 11) is 0. The van der Waals surface area contributed by atoms with E-state index in [1.807, 2.05) is 0 Å². The lowest BCUT2D eigenvalue weighted by atomic mass is 10.0. The summed E-state index contributed by atoms with van der Waals surface area (Å²) < 4.78 is 5.97. The Balaban J connectivity index is 4.48. The number of hydrogen-bond acceptors (Lipinski definition) is 5. The molecule has 66 heavy (non-hydrogen) atoms. The first-order chi connectivity index (χ1) is 32.5. The number of unbranched alkanes of at least 4 members (excludes halogenated alkanes) is 41. The normalized spacial score (nSPS) is 13.1. The fourth-order valence-corrected chi connectivity index (χ4v) is 9.55. The van der Waals surface area contributed by atoms with Crippen molar-refractivity contribution in [2.24, 2.45) is 0 Å². The Labute approximate surface area is 412 Å². The minimum atomic E-state index is -0.787. The molecule has 0 aliphatic heterocycles. The summed E-state index contributed by atoms with van der Waals surface area (Å²) in [6.45, 7) is 6.53. The molecule has 0 heterocycles. The Hall–Kier alpha value is -1.40. The molecule has 0 rings (SSSR count). The number of aliphatic hydroxyl groups is 2. The minimum Gasteiger partial charge on any atom is -0.462 e. The van der Waals surface area contributed by atoms with Crippen LogP contribution in [0, 0.1) is 0 Å². The van der Waals surface area contributed by atoms with E-state index in [2.05, 4.69) is 38.2 Å². The molecule has 0 saturated heterocycles. The Kier molecular flexibility index (Phi) is 53.4. The maximum atomic E-state index is 13.3. The van der Waals surface area contributed by atoms with Crippen LogP contribution in [0.25, 0.3) is 0 Å². The van der Waals surface area contributed by atoms with Gasteiger partial charge in [-0.05, 0) is 51.4 Å². The molecule has 6 nitrogen and oxygen atoms in total. The standard InChI is InChI=1S/C60H117NO5/c1-4-7-10-13-16-19-22-25-28-29-30-31-32-35-38-41-44-47-50-53-60(65)66-56(51-48-45-42-39-36-33-26-23-20-17-14-11-8-5-2)54-59(64)61-57(55-62)58(63)52-49-46-43-40-37-34-27-24-21-18-15-12-9-6-3/h33,36,56-58,62-63H,4-32,34-35,37-55H2,1-3H3,(H,61,64)/b36-33+. The number of hydrogen-bond donors (Lipinski definition) is 3. The third-order valence-electron chi connectivity index (χ3n) is 14.1. The number of amides is 1. The lowest BCUT2D eigenvalue weighted by molar-refractivity contribution is -0.151. The van der Waals surface area contributed by atoms with Crippen LogP contribution >= 0.6 is 0 Å². The van der Waals surface area contributed by atoms with Gasteiger partial charge in [0.25, 0.3) is 0 Å². The summed E-state index contributed by atoms with van der Waals surface area (Å²) in [6, 6.07) is -0.701. The molecule has 0 aliphatic carbocycles. The molecule has 0 aliphatic rings. The number of carbonyl (C=O) groups excluding carboxylic acids is 2. The highest BCUT2D eigenvalue weighted by Gasteiger charge is 2.24. The average Bonchev–Trinajstić information content (AvgIpc) is 3.31. The van der Waals surface area contributed by atoms with E-state index in [-0.39, 0.29) is 24.9 Å². The quantitative estimate of drug-likeness (QED) is 0.0321. The zero-order chi connectivity index (χ0) is 48.1. The zero-order valence-electron chi connectivity index (χ0n) is 44.9. The van der Waals surface area contributed by atoms with Crippen molar-refractivity contribution in [3.05, 3.63) is 12.2 Å². The van der Waals surface area contributed by atoms with Gasteiger partial charge in [-0.1, -0.05) is 283 Å². The minimum absolute atomic E-state index is 0.0748. The Bertz CT molecular complexity index is 1000. The first-order valence-corrected chi connectivity index (χ1v) is 29.9. The lowest BCUT2D eigenvalue weighted by Crippen LogP contribution is -2.46. The summed E-state index contributed by atoms with van der Waals surface area (Å²) in [5, 5.41) is 23.9. The molecule has 0 aromatic carbocycles. The van der Waals surface area contributed by atoms with Crippen molar-refractivity contribution in [1.82, 2.24) is 5.32 Å². The fourth-order valence-electron chi connectivity index (χ4n) is 9.55. The van der Waals surface area contributed by atoms with Crippen LogP contribution in [0.5, 0.6) is 0 Å². The first-order valence-electron chi connectivity index (χ1n) is 29.9. The lowest BCUT2D eigenvalue weighted by Gasteiger charge is -2.24. The molecule has 1 amide bonds. The van der Waals surface area contributed by atoms with Crippen molar-refractivity contribution < 1.29 is 24.5 Å². The second-order valence-electron chi connectivity index (χ2n) is 20.8. The Morgan fingerprint density at radius 1 is 0.424 bits per heavy atom. The molecular formula is C60H117NO5. The number of rotatable bonds is 55. The van der Waals surface area contributed by atoms with Gasteiger partial charge in [0.15, 0.2) is 0 Å².